The largest absolute Gasteiger partial charge is 0.338 e. The summed E-state index contributed by atoms with van der Waals surface area (Å²) in [7, 11) is 0. The molecule has 2 aromatic rings. The molecule has 25 heavy (non-hydrogen) atoms. The van der Waals surface area contributed by atoms with E-state index in [1.165, 1.54) is 6.92 Å². The highest BCUT2D eigenvalue weighted by atomic mass is 35.5. The molecule has 0 aromatic heterocycles. The maximum Gasteiger partial charge on any atom is 0.226 e. The van der Waals surface area contributed by atoms with Crippen molar-refractivity contribution in [2.75, 3.05) is 11.9 Å². The third-order valence-corrected chi connectivity index (χ3v) is 4.72. The van der Waals surface area contributed by atoms with E-state index in [4.69, 9.17) is 23.2 Å². The Morgan fingerprint density at radius 1 is 1.08 bits per heavy atom. The van der Waals surface area contributed by atoms with Crippen LogP contribution in [0.5, 0.6) is 0 Å². The average molecular weight is 379 g/mol. The number of nitrogens with one attached hydrogen (secondary N) is 1. The molecule has 1 N–H and O–H groups in total. The second-order valence-corrected chi connectivity index (χ2v) is 6.55. The summed E-state index contributed by atoms with van der Waals surface area (Å²) in [4.78, 5) is 25.7. The van der Waals surface area contributed by atoms with Crippen LogP contribution in [-0.2, 0) is 16.1 Å². The molecule has 0 saturated heterocycles. The SMILES string of the molecule is CC(=O)N(CCC(=O)Nc1cccc(Cl)c1Cl)Cc1ccccc1C. The number of rotatable bonds is 6. The van der Waals surface area contributed by atoms with E-state index in [2.05, 4.69) is 5.32 Å². The van der Waals surface area contributed by atoms with Gasteiger partial charge in [-0.15, -0.1) is 0 Å². The van der Waals surface area contributed by atoms with Gasteiger partial charge in [-0.1, -0.05) is 53.5 Å². The molecule has 0 atom stereocenters. The van der Waals surface area contributed by atoms with Crippen molar-refractivity contribution in [3.63, 3.8) is 0 Å². The highest BCUT2D eigenvalue weighted by Crippen LogP contribution is 2.29. The van der Waals surface area contributed by atoms with E-state index in [0.29, 0.717) is 28.8 Å². The van der Waals surface area contributed by atoms with Crippen molar-refractivity contribution in [1.29, 1.82) is 0 Å². The van der Waals surface area contributed by atoms with E-state index in [0.717, 1.165) is 11.1 Å². The summed E-state index contributed by atoms with van der Waals surface area (Å²) in [5.74, 6) is -0.294. The van der Waals surface area contributed by atoms with Gasteiger partial charge in [0.2, 0.25) is 11.8 Å². The summed E-state index contributed by atoms with van der Waals surface area (Å²) in [5.41, 5.74) is 2.65. The second-order valence-electron chi connectivity index (χ2n) is 5.77. The fourth-order valence-electron chi connectivity index (χ4n) is 2.39. The van der Waals surface area contributed by atoms with Gasteiger partial charge in [-0.3, -0.25) is 9.59 Å². The third-order valence-electron chi connectivity index (χ3n) is 3.90. The normalized spacial score (nSPS) is 10.4. The van der Waals surface area contributed by atoms with E-state index < -0.39 is 0 Å². The predicted octanol–water partition coefficient (Wildman–Crippen LogP) is 4.68. The molecule has 0 aliphatic carbocycles. The minimum Gasteiger partial charge on any atom is -0.338 e. The summed E-state index contributed by atoms with van der Waals surface area (Å²) >= 11 is 12.0. The number of benzene rings is 2. The first kappa shape index (κ1) is 19.3. The first-order chi connectivity index (χ1) is 11.9. The van der Waals surface area contributed by atoms with Crippen LogP contribution in [0.2, 0.25) is 10.0 Å². The summed E-state index contributed by atoms with van der Waals surface area (Å²) in [6.07, 6.45) is 0.175. The van der Waals surface area contributed by atoms with Gasteiger partial charge >= 0.3 is 0 Å². The molecule has 0 saturated carbocycles. The standard InChI is InChI=1S/C19H20Cl2N2O2/c1-13-6-3-4-7-15(13)12-23(14(2)24)11-10-18(25)22-17-9-5-8-16(20)19(17)21/h3-9H,10-12H2,1-2H3,(H,22,25). The van der Waals surface area contributed by atoms with Crippen LogP contribution in [0.4, 0.5) is 5.69 Å². The van der Waals surface area contributed by atoms with E-state index in [-0.39, 0.29) is 18.2 Å². The second kappa shape index (κ2) is 8.88. The quantitative estimate of drug-likeness (QED) is 0.792. The predicted molar refractivity (Wildman–Crippen MR) is 102 cm³/mol. The number of anilines is 1. The van der Waals surface area contributed by atoms with Gasteiger partial charge in [-0.2, -0.15) is 0 Å². The van der Waals surface area contributed by atoms with Crippen LogP contribution in [-0.4, -0.2) is 23.3 Å². The lowest BCUT2D eigenvalue weighted by Gasteiger charge is -2.22. The van der Waals surface area contributed by atoms with Crippen LogP contribution in [0.25, 0.3) is 0 Å². The van der Waals surface area contributed by atoms with E-state index in [1.807, 2.05) is 31.2 Å². The molecule has 0 spiro atoms. The van der Waals surface area contributed by atoms with Gasteiger partial charge in [0.05, 0.1) is 15.7 Å². The first-order valence-corrected chi connectivity index (χ1v) is 8.68. The molecule has 132 valence electrons. The van der Waals surface area contributed by atoms with Crippen molar-refractivity contribution in [1.82, 2.24) is 4.90 Å². The highest BCUT2D eigenvalue weighted by molar-refractivity contribution is 6.43. The van der Waals surface area contributed by atoms with E-state index in [9.17, 15) is 9.59 Å². The van der Waals surface area contributed by atoms with Gasteiger partial charge in [-0.25, -0.2) is 0 Å². The molecule has 0 bridgehead atoms. The molecule has 6 heteroatoms. The smallest absolute Gasteiger partial charge is 0.226 e. The van der Waals surface area contributed by atoms with Crippen molar-refractivity contribution >= 4 is 40.7 Å². The molecule has 0 aliphatic rings. The monoisotopic (exact) mass is 378 g/mol. The maximum atomic E-state index is 12.2. The molecule has 2 amide bonds. The molecule has 2 aromatic carbocycles. The van der Waals surface area contributed by atoms with Crippen molar-refractivity contribution in [3.8, 4) is 0 Å². The molecule has 0 fully saturated rings. The van der Waals surface area contributed by atoms with Crippen molar-refractivity contribution < 1.29 is 9.59 Å². The van der Waals surface area contributed by atoms with Gasteiger partial charge in [0.25, 0.3) is 0 Å². The molecule has 0 radical (unpaired) electrons. The number of hydrogen-bond acceptors (Lipinski definition) is 2. The Bertz CT molecular complexity index is 778. The van der Waals surface area contributed by atoms with Crippen LogP contribution in [0.3, 0.4) is 0 Å². The van der Waals surface area contributed by atoms with Gasteiger partial charge in [0.1, 0.15) is 0 Å². The fraction of sp³-hybridized carbons (Fsp3) is 0.263. The van der Waals surface area contributed by atoms with E-state index in [1.54, 1.807) is 23.1 Å². The highest BCUT2D eigenvalue weighted by Gasteiger charge is 2.14. The zero-order valence-electron chi connectivity index (χ0n) is 14.2. The molecule has 4 nitrogen and oxygen atoms in total. The van der Waals surface area contributed by atoms with Crippen LogP contribution in [0, 0.1) is 6.92 Å². The Morgan fingerprint density at radius 3 is 2.48 bits per heavy atom. The van der Waals surface area contributed by atoms with Crippen molar-refractivity contribution in [2.45, 2.75) is 26.8 Å². The van der Waals surface area contributed by atoms with Gasteiger partial charge in [0, 0.05) is 26.4 Å². The van der Waals surface area contributed by atoms with Crippen LogP contribution in [0.1, 0.15) is 24.5 Å². The minimum atomic E-state index is -0.222. The number of carbonyl (C=O) groups is 2. The molecule has 0 unspecified atom stereocenters. The number of halogens is 2. The zero-order chi connectivity index (χ0) is 18.4. The Hall–Kier alpha value is -2.04. The van der Waals surface area contributed by atoms with Crippen LogP contribution in [0.15, 0.2) is 42.5 Å². The molecular formula is C19H20Cl2N2O2. The Morgan fingerprint density at radius 2 is 1.80 bits per heavy atom. The molecule has 0 heterocycles. The van der Waals surface area contributed by atoms with E-state index >= 15 is 0 Å². The lowest BCUT2D eigenvalue weighted by molar-refractivity contribution is -0.129. The fourth-order valence-corrected chi connectivity index (χ4v) is 2.74. The maximum absolute atomic E-state index is 12.2. The van der Waals surface area contributed by atoms with Crippen LogP contribution >= 0.6 is 23.2 Å². The molecular weight excluding hydrogens is 359 g/mol. The Kier molecular flexibility index (Phi) is 6.85. The first-order valence-electron chi connectivity index (χ1n) is 7.92. The van der Waals surface area contributed by atoms with Gasteiger partial charge < -0.3 is 10.2 Å². The molecule has 2 rings (SSSR count). The zero-order valence-corrected chi connectivity index (χ0v) is 15.7. The van der Waals surface area contributed by atoms with Crippen molar-refractivity contribution in [2.24, 2.45) is 0 Å². The summed E-state index contributed by atoms with van der Waals surface area (Å²) in [6.45, 7) is 4.31. The van der Waals surface area contributed by atoms with Crippen LogP contribution < -0.4 is 5.32 Å². The van der Waals surface area contributed by atoms with Gasteiger partial charge in [-0.05, 0) is 30.2 Å². The lowest BCUT2D eigenvalue weighted by atomic mass is 10.1. The topological polar surface area (TPSA) is 49.4 Å². The summed E-state index contributed by atoms with van der Waals surface area (Å²) in [5, 5.41) is 3.41. The average Bonchev–Trinajstić information content (AvgIpc) is 2.57. The third kappa shape index (κ3) is 5.48. The Labute approximate surface area is 157 Å². The number of hydrogen-bond donors (Lipinski definition) is 1. The minimum absolute atomic E-state index is 0.0724. The summed E-state index contributed by atoms with van der Waals surface area (Å²) in [6, 6.07) is 12.9. The summed E-state index contributed by atoms with van der Waals surface area (Å²) < 4.78 is 0. The number of amides is 2. The lowest BCUT2D eigenvalue weighted by Crippen LogP contribution is -2.31. The number of nitrogens with zero attached hydrogens (tertiary/aromatic N) is 1. The number of aryl methyl sites for hydroxylation is 1. The molecule has 0 aliphatic heterocycles. The Balaban J connectivity index is 1.96. The van der Waals surface area contributed by atoms with Gasteiger partial charge in [0.15, 0.2) is 0 Å². The van der Waals surface area contributed by atoms with Crippen molar-refractivity contribution in [3.05, 3.63) is 63.6 Å². The number of carbonyl (C=O) groups excluding carboxylic acids is 2.